The van der Waals surface area contributed by atoms with Crippen molar-refractivity contribution in [2.75, 3.05) is 0 Å². The number of benzene rings is 3. The van der Waals surface area contributed by atoms with Gasteiger partial charge in [0, 0.05) is 27.5 Å². The molecule has 6 nitrogen and oxygen atoms in total. The van der Waals surface area contributed by atoms with Gasteiger partial charge in [-0.1, -0.05) is 70.0 Å². The molecule has 0 saturated heterocycles. The maximum Gasteiger partial charge on any atom is 0.297 e. The molecule has 0 aliphatic carbocycles. The van der Waals surface area contributed by atoms with Crippen molar-refractivity contribution in [3.63, 3.8) is 0 Å². The molecule has 0 unspecified atom stereocenters. The van der Waals surface area contributed by atoms with Gasteiger partial charge in [0.25, 0.3) is 5.56 Å². The summed E-state index contributed by atoms with van der Waals surface area (Å²) in [6.07, 6.45) is 0. The van der Waals surface area contributed by atoms with Crippen molar-refractivity contribution < 1.29 is 0 Å². The summed E-state index contributed by atoms with van der Waals surface area (Å²) >= 11 is 11.0. The standard InChI is InChI=1S/C28H23BrClN5OS/c1-18(20-11-15-23(30)16-12-20)32-34-25(21-9-13-22(29)14-10-21)17-37-28(34)31-26-19(2)33(3)35(27(26)36)24-7-5-4-6-8-24/h4-17H,1-3H3. The van der Waals surface area contributed by atoms with E-state index in [-0.39, 0.29) is 5.56 Å². The lowest BCUT2D eigenvalue weighted by molar-refractivity contribution is 0.630. The van der Waals surface area contributed by atoms with Crippen molar-refractivity contribution in [2.45, 2.75) is 13.8 Å². The van der Waals surface area contributed by atoms with Gasteiger partial charge in [-0.15, -0.1) is 11.3 Å². The van der Waals surface area contributed by atoms with E-state index in [1.165, 1.54) is 11.3 Å². The number of hydrogen-bond donors (Lipinski definition) is 0. The SMILES string of the molecule is CC(=Nn1c(-c2ccc(Br)cc2)csc1=Nc1c(C)n(C)n(-c2ccccc2)c1=O)c1ccc(Cl)cc1. The lowest BCUT2D eigenvalue weighted by atomic mass is 10.1. The van der Waals surface area contributed by atoms with Crippen LogP contribution in [-0.2, 0) is 7.05 Å². The van der Waals surface area contributed by atoms with Crippen LogP contribution in [0.25, 0.3) is 16.9 Å². The van der Waals surface area contributed by atoms with E-state index >= 15 is 0 Å². The fourth-order valence-corrected chi connectivity index (χ4v) is 5.20. The molecule has 0 atom stereocenters. The molecule has 0 fully saturated rings. The smallest absolute Gasteiger partial charge is 0.283 e. The van der Waals surface area contributed by atoms with Crippen LogP contribution in [0.2, 0.25) is 5.02 Å². The second-order valence-electron chi connectivity index (χ2n) is 8.44. The van der Waals surface area contributed by atoms with Crippen LogP contribution < -0.4 is 10.4 Å². The van der Waals surface area contributed by atoms with Crippen LogP contribution in [0, 0.1) is 6.92 Å². The van der Waals surface area contributed by atoms with Crippen molar-refractivity contribution in [1.29, 1.82) is 0 Å². The number of para-hydroxylation sites is 1. The fourth-order valence-electron chi connectivity index (χ4n) is 3.97. The molecule has 37 heavy (non-hydrogen) atoms. The van der Waals surface area contributed by atoms with Crippen LogP contribution in [0.15, 0.2) is 104 Å². The van der Waals surface area contributed by atoms with Crippen molar-refractivity contribution in [2.24, 2.45) is 17.1 Å². The molecule has 0 radical (unpaired) electrons. The van der Waals surface area contributed by atoms with Gasteiger partial charge >= 0.3 is 0 Å². The molecule has 2 aromatic heterocycles. The number of halogens is 2. The Kier molecular flexibility index (Phi) is 7.15. The van der Waals surface area contributed by atoms with Crippen LogP contribution in [0.3, 0.4) is 0 Å². The molecule has 0 spiro atoms. The van der Waals surface area contributed by atoms with Crippen LogP contribution in [0.4, 0.5) is 5.69 Å². The maximum absolute atomic E-state index is 13.5. The summed E-state index contributed by atoms with van der Waals surface area (Å²) in [7, 11) is 1.86. The number of hydrogen-bond acceptors (Lipinski definition) is 4. The zero-order chi connectivity index (χ0) is 26.1. The number of aromatic nitrogens is 3. The van der Waals surface area contributed by atoms with Crippen molar-refractivity contribution in [3.05, 3.63) is 120 Å². The molecule has 0 N–H and O–H groups in total. The van der Waals surface area contributed by atoms with Crippen molar-refractivity contribution in [1.82, 2.24) is 14.0 Å². The fraction of sp³-hybridized carbons (Fsp3) is 0.107. The molecule has 0 saturated carbocycles. The van der Waals surface area contributed by atoms with Gasteiger partial charge in [0.2, 0.25) is 4.80 Å². The molecule has 186 valence electrons. The molecular formula is C28H23BrClN5OS. The highest BCUT2D eigenvalue weighted by molar-refractivity contribution is 9.10. The highest BCUT2D eigenvalue weighted by atomic mass is 79.9. The molecule has 3 aromatic carbocycles. The minimum absolute atomic E-state index is 0.185. The molecule has 5 aromatic rings. The Balaban J connectivity index is 1.72. The number of rotatable bonds is 5. The first-order chi connectivity index (χ1) is 17.8. The number of thiazole rings is 1. The van der Waals surface area contributed by atoms with Gasteiger partial charge < -0.3 is 0 Å². The third-order valence-electron chi connectivity index (χ3n) is 6.07. The van der Waals surface area contributed by atoms with Crippen LogP contribution in [-0.4, -0.2) is 19.8 Å². The van der Waals surface area contributed by atoms with E-state index < -0.39 is 0 Å². The van der Waals surface area contributed by atoms with E-state index in [4.69, 9.17) is 21.7 Å². The summed E-state index contributed by atoms with van der Waals surface area (Å²) in [6.45, 7) is 3.84. The van der Waals surface area contributed by atoms with Gasteiger partial charge in [0.1, 0.15) is 0 Å². The summed E-state index contributed by atoms with van der Waals surface area (Å²) < 4.78 is 6.25. The van der Waals surface area contributed by atoms with Gasteiger partial charge in [-0.2, -0.15) is 5.10 Å². The van der Waals surface area contributed by atoms with E-state index in [0.717, 1.165) is 38.4 Å². The minimum Gasteiger partial charge on any atom is -0.283 e. The van der Waals surface area contributed by atoms with E-state index in [0.29, 0.717) is 15.5 Å². The number of nitrogens with zero attached hydrogens (tertiary/aromatic N) is 5. The molecule has 9 heteroatoms. The Hall–Kier alpha value is -3.46. The topological polar surface area (TPSA) is 56.6 Å². The quantitative estimate of drug-likeness (QED) is 0.204. The molecule has 0 aliphatic heterocycles. The van der Waals surface area contributed by atoms with E-state index in [1.807, 2.05) is 110 Å². The Morgan fingerprint density at radius 2 is 1.65 bits per heavy atom. The zero-order valence-electron chi connectivity index (χ0n) is 20.4. The van der Waals surface area contributed by atoms with E-state index in [2.05, 4.69) is 15.9 Å². The van der Waals surface area contributed by atoms with Crippen LogP contribution >= 0.6 is 38.9 Å². The summed E-state index contributed by atoms with van der Waals surface area (Å²) in [5.74, 6) is 0. The Bertz CT molecular complexity index is 1730. The maximum atomic E-state index is 13.5. The molecular weight excluding hydrogens is 570 g/mol. The summed E-state index contributed by atoms with van der Waals surface area (Å²) in [6, 6.07) is 25.1. The predicted octanol–water partition coefficient (Wildman–Crippen LogP) is 6.94. The lowest BCUT2D eigenvalue weighted by Gasteiger charge is -2.07. The average molecular weight is 593 g/mol. The monoisotopic (exact) mass is 591 g/mol. The highest BCUT2D eigenvalue weighted by Gasteiger charge is 2.17. The largest absolute Gasteiger partial charge is 0.297 e. The van der Waals surface area contributed by atoms with Gasteiger partial charge in [0.05, 0.1) is 22.8 Å². The van der Waals surface area contributed by atoms with Crippen molar-refractivity contribution >= 4 is 50.3 Å². The first kappa shape index (κ1) is 25.2. The second-order valence-corrected chi connectivity index (χ2v) is 10.6. The summed E-state index contributed by atoms with van der Waals surface area (Å²) in [4.78, 5) is 19.0. The molecule has 0 aliphatic rings. The summed E-state index contributed by atoms with van der Waals surface area (Å²) in [5, 5.41) is 7.62. The Morgan fingerprint density at radius 1 is 0.973 bits per heavy atom. The predicted molar refractivity (Wildman–Crippen MR) is 155 cm³/mol. The third kappa shape index (κ3) is 5.05. The van der Waals surface area contributed by atoms with Gasteiger partial charge in [-0.3, -0.25) is 9.48 Å². The third-order valence-corrected chi connectivity index (χ3v) is 7.67. The second kappa shape index (κ2) is 10.5. The average Bonchev–Trinajstić information content (AvgIpc) is 3.38. The Morgan fingerprint density at radius 3 is 2.32 bits per heavy atom. The highest BCUT2D eigenvalue weighted by Crippen LogP contribution is 2.24. The van der Waals surface area contributed by atoms with E-state index in [9.17, 15) is 4.79 Å². The van der Waals surface area contributed by atoms with Gasteiger partial charge in [-0.25, -0.2) is 14.4 Å². The summed E-state index contributed by atoms with van der Waals surface area (Å²) in [5.41, 5.74) is 5.34. The lowest BCUT2D eigenvalue weighted by Crippen LogP contribution is -2.20. The first-order valence-corrected chi connectivity index (χ1v) is 13.6. The first-order valence-electron chi connectivity index (χ1n) is 11.5. The zero-order valence-corrected chi connectivity index (χ0v) is 23.5. The van der Waals surface area contributed by atoms with Gasteiger partial charge in [0.15, 0.2) is 5.69 Å². The molecule has 0 bridgehead atoms. The molecule has 5 rings (SSSR count). The minimum atomic E-state index is -0.185. The molecule has 2 heterocycles. The van der Waals surface area contributed by atoms with Crippen LogP contribution in [0.1, 0.15) is 18.2 Å². The van der Waals surface area contributed by atoms with E-state index in [1.54, 1.807) is 9.36 Å². The van der Waals surface area contributed by atoms with Crippen molar-refractivity contribution in [3.8, 4) is 16.9 Å². The molecule has 0 amide bonds. The van der Waals surface area contributed by atoms with Gasteiger partial charge in [-0.05, 0) is 55.8 Å². The van der Waals surface area contributed by atoms with Crippen LogP contribution in [0.5, 0.6) is 0 Å². The normalized spacial score (nSPS) is 12.4. The Labute approximate surface area is 231 Å².